The molecule has 13 nitrogen and oxygen atoms in total. The Morgan fingerprint density at radius 1 is 0.700 bits per heavy atom. The number of aryl methyl sites for hydroxylation is 2. The lowest BCUT2D eigenvalue weighted by atomic mass is 10.0. The second-order valence-electron chi connectivity index (χ2n) is 16.5. The van der Waals surface area contributed by atoms with Gasteiger partial charge < -0.3 is 38.6 Å². The van der Waals surface area contributed by atoms with E-state index in [2.05, 4.69) is 27.7 Å². The quantitative estimate of drug-likeness (QED) is 0.0168. The van der Waals surface area contributed by atoms with Crippen molar-refractivity contribution in [1.29, 1.82) is 0 Å². The number of allylic oxidation sites excluding steroid dienone is 6. The summed E-state index contributed by atoms with van der Waals surface area (Å²) < 4.78 is 40.2. The summed E-state index contributed by atoms with van der Waals surface area (Å²) >= 11 is 0. The Balaban J connectivity index is 2.52. The topological polar surface area (TPSA) is 182 Å². The number of carbonyl (C=O) groups is 2. The first-order valence-corrected chi connectivity index (χ1v) is 23.5. The maximum absolute atomic E-state index is 12.8. The molecule has 0 aliphatic carbocycles. The minimum Gasteiger partial charge on any atom is -0.466 e. The van der Waals surface area contributed by atoms with E-state index in [0.29, 0.717) is 17.4 Å². The van der Waals surface area contributed by atoms with Crippen LogP contribution in [0.3, 0.4) is 0 Å². The standard InChI is InChI=1S/C46H78NO12P/c1-8-10-19-26-39(48)27-20-15-11-12-16-21-28-41(49)42(50)29-24-32-45(51)55-35-40(36-57-60(53,54)56-34-33-47(5,6)7)58-46(52)31-23-18-14-13-17-22-30-44-38(4)37(3)43(59-44)25-9-2/h11-12,15-16,20-21,27-28,39-42,48-50H,8-10,13-14,17-19,22-26,29-36H2,1-7H3/p+1/b15-11-,16-12+,27-20+,28-21+/t39-,40-,41-,42-/m1/s1. The van der Waals surface area contributed by atoms with Gasteiger partial charge in [-0.15, -0.1) is 0 Å². The Morgan fingerprint density at radius 2 is 1.30 bits per heavy atom. The predicted octanol–water partition coefficient (Wildman–Crippen LogP) is 8.48. The van der Waals surface area contributed by atoms with Gasteiger partial charge in [0.1, 0.15) is 31.3 Å². The van der Waals surface area contributed by atoms with Gasteiger partial charge in [-0.1, -0.05) is 107 Å². The zero-order chi connectivity index (χ0) is 44.8. The van der Waals surface area contributed by atoms with Crippen LogP contribution in [0, 0.1) is 13.8 Å². The highest BCUT2D eigenvalue weighted by atomic mass is 31.2. The van der Waals surface area contributed by atoms with E-state index in [4.69, 9.17) is 22.9 Å². The molecular formula is C46H79NO12P+. The summed E-state index contributed by atoms with van der Waals surface area (Å²) in [6, 6.07) is 0. The van der Waals surface area contributed by atoms with Crippen molar-refractivity contribution in [3.05, 3.63) is 71.3 Å². The van der Waals surface area contributed by atoms with E-state index in [-0.39, 0.29) is 32.3 Å². The van der Waals surface area contributed by atoms with Gasteiger partial charge in [-0.2, -0.15) is 0 Å². The molecule has 0 radical (unpaired) electrons. The summed E-state index contributed by atoms with van der Waals surface area (Å²) in [6.45, 7) is 8.02. The maximum Gasteiger partial charge on any atom is 0.472 e. The third-order valence-corrected chi connectivity index (χ3v) is 10.9. The summed E-state index contributed by atoms with van der Waals surface area (Å²) in [5, 5.41) is 30.5. The molecular weight excluding hydrogens is 789 g/mol. The number of likely N-dealkylation sites (N-methyl/N-ethyl adjacent to an activating group) is 1. The molecule has 14 heteroatoms. The summed E-state index contributed by atoms with van der Waals surface area (Å²) in [6.07, 6.45) is 22.6. The van der Waals surface area contributed by atoms with E-state index in [1.165, 1.54) is 17.2 Å². The van der Waals surface area contributed by atoms with Gasteiger partial charge >= 0.3 is 19.8 Å². The van der Waals surface area contributed by atoms with Crippen molar-refractivity contribution in [1.82, 2.24) is 0 Å². The number of aliphatic hydroxyl groups is 3. The van der Waals surface area contributed by atoms with Crippen molar-refractivity contribution in [2.75, 3.05) is 47.5 Å². The van der Waals surface area contributed by atoms with Crippen molar-refractivity contribution in [2.24, 2.45) is 0 Å². The fourth-order valence-electron chi connectivity index (χ4n) is 6.03. The minimum atomic E-state index is -4.48. The minimum absolute atomic E-state index is 0.0350. The van der Waals surface area contributed by atoms with Gasteiger partial charge in [0.25, 0.3) is 0 Å². The van der Waals surface area contributed by atoms with Crippen molar-refractivity contribution >= 4 is 19.8 Å². The Kier molecular flexibility index (Phi) is 29.3. The van der Waals surface area contributed by atoms with Crippen molar-refractivity contribution in [3.63, 3.8) is 0 Å². The number of esters is 2. The Morgan fingerprint density at radius 3 is 1.95 bits per heavy atom. The fourth-order valence-corrected chi connectivity index (χ4v) is 6.77. The first kappa shape index (κ1) is 55.1. The van der Waals surface area contributed by atoms with Crippen LogP contribution in [-0.2, 0) is 45.5 Å². The van der Waals surface area contributed by atoms with Crippen LogP contribution in [0.25, 0.3) is 0 Å². The van der Waals surface area contributed by atoms with Crippen LogP contribution in [0.15, 0.2) is 53.0 Å². The lowest BCUT2D eigenvalue weighted by molar-refractivity contribution is -0.870. The highest BCUT2D eigenvalue weighted by molar-refractivity contribution is 7.47. The van der Waals surface area contributed by atoms with E-state index in [1.807, 2.05) is 21.1 Å². The number of nitrogens with zero attached hydrogens (tertiary/aromatic N) is 1. The van der Waals surface area contributed by atoms with Gasteiger partial charge in [-0.05, 0) is 63.5 Å². The molecule has 0 bridgehead atoms. The van der Waals surface area contributed by atoms with E-state index < -0.39 is 57.4 Å². The largest absolute Gasteiger partial charge is 0.472 e. The molecule has 60 heavy (non-hydrogen) atoms. The number of hydrogen-bond acceptors (Lipinski definition) is 11. The summed E-state index contributed by atoms with van der Waals surface area (Å²) in [7, 11) is 1.25. The Bertz CT molecular complexity index is 1490. The van der Waals surface area contributed by atoms with Crippen LogP contribution >= 0.6 is 7.82 Å². The van der Waals surface area contributed by atoms with Gasteiger partial charge in [0.2, 0.25) is 0 Å². The molecule has 0 aromatic carbocycles. The number of quaternary nitrogens is 1. The summed E-state index contributed by atoms with van der Waals surface area (Å²) in [4.78, 5) is 35.5. The maximum atomic E-state index is 12.8. The predicted molar refractivity (Wildman–Crippen MR) is 236 cm³/mol. The molecule has 1 aromatic rings. The fraction of sp³-hybridized carbons (Fsp3) is 0.696. The normalized spacial score (nSPS) is 15.6. The number of aliphatic hydroxyl groups excluding tert-OH is 3. The van der Waals surface area contributed by atoms with Gasteiger partial charge in [0.15, 0.2) is 6.10 Å². The Labute approximate surface area is 360 Å². The number of ether oxygens (including phenoxy) is 2. The molecule has 0 fully saturated rings. The number of rotatable bonds is 35. The summed E-state index contributed by atoms with van der Waals surface area (Å²) in [5.74, 6) is 1.02. The number of phosphoric acid groups is 1. The van der Waals surface area contributed by atoms with Gasteiger partial charge in [0.05, 0.1) is 46.1 Å². The van der Waals surface area contributed by atoms with Crippen molar-refractivity contribution in [3.8, 4) is 0 Å². The number of phosphoric ester groups is 1. The van der Waals surface area contributed by atoms with Gasteiger partial charge in [-0.3, -0.25) is 18.6 Å². The molecule has 0 saturated carbocycles. The molecule has 1 aromatic heterocycles. The SMILES string of the molecule is CCCCC[C@@H](O)/C=C/C=C\C=C\C=C\[C@@H](O)[C@H](O)CCCC(=O)OC[C@H](COP(=O)(O)OCC[N+](C)(C)C)OC(=O)CCCCCCCCc1oc(CCC)c(C)c1C. The van der Waals surface area contributed by atoms with Crippen LogP contribution < -0.4 is 0 Å². The third-order valence-electron chi connectivity index (χ3n) is 9.90. The zero-order valence-electron chi connectivity index (χ0n) is 37.7. The second-order valence-corrected chi connectivity index (χ2v) is 18.0. The molecule has 0 saturated heterocycles. The lowest BCUT2D eigenvalue weighted by Crippen LogP contribution is -2.37. The average Bonchev–Trinajstić information content (AvgIpc) is 3.44. The third kappa shape index (κ3) is 27.9. The number of furan rings is 1. The molecule has 0 aliphatic heterocycles. The molecule has 0 spiro atoms. The number of unbranched alkanes of at least 4 members (excludes halogenated alkanes) is 7. The lowest BCUT2D eigenvalue weighted by Gasteiger charge is -2.24. The van der Waals surface area contributed by atoms with Crippen molar-refractivity contribution in [2.45, 2.75) is 161 Å². The van der Waals surface area contributed by atoms with E-state index in [1.54, 1.807) is 42.5 Å². The van der Waals surface area contributed by atoms with E-state index in [9.17, 15) is 34.4 Å². The molecule has 4 N–H and O–H groups in total. The highest BCUT2D eigenvalue weighted by Gasteiger charge is 2.27. The van der Waals surface area contributed by atoms with Crippen LogP contribution in [0.2, 0.25) is 0 Å². The number of hydrogen-bond donors (Lipinski definition) is 4. The first-order chi connectivity index (χ1) is 28.5. The van der Waals surface area contributed by atoms with Crippen LogP contribution in [0.5, 0.6) is 0 Å². The molecule has 0 aliphatic rings. The zero-order valence-corrected chi connectivity index (χ0v) is 38.6. The summed E-state index contributed by atoms with van der Waals surface area (Å²) in [5.41, 5.74) is 2.52. The van der Waals surface area contributed by atoms with Crippen molar-refractivity contribution < 1.29 is 61.8 Å². The molecule has 1 unspecified atom stereocenters. The smallest absolute Gasteiger partial charge is 0.466 e. The highest BCUT2D eigenvalue weighted by Crippen LogP contribution is 2.43. The first-order valence-electron chi connectivity index (χ1n) is 22.1. The van der Waals surface area contributed by atoms with Crippen LogP contribution in [-0.4, -0.2) is 109 Å². The molecule has 0 amide bonds. The van der Waals surface area contributed by atoms with Gasteiger partial charge in [-0.25, -0.2) is 4.57 Å². The molecule has 344 valence electrons. The Hall–Kier alpha value is -2.87. The molecule has 1 rings (SSSR count). The van der Waals surface area contributed by atoms with Crippen LogP contribution in [0.1, 0.15) is 133 Å². The van der Waals surface area contributed by atoms with Crippen LogP contribution in [0.4, 0.5) is 0 Å². The van der Waals surface area contributed by atoms with E-state index >= 15 is 0 Å². The van der Waals surface area contributed by atoms with Gasteiger partial charge in [0, 0.05) is 25.7 Å². The second kappa shape index (κ2) is 31.9. The average molecular weight is 869 g/mol. The number of carbonyl (C=O) groups excluding carboxylic acids is 2. The van der Waals surface area contributed by atoms with E-state index in [0.717, 1.165) is 88.6 Å². The molecule has 1 heterocycles. The monoisotopic (exact) mass is 869 g/mol. The molecule has 5 atom stereocenters.